The first-order valence-electron chi connectivity index (χ1n) is 22.9. The maximum atomic E-state index is 2.41. The van der Waals surface area contributed by atoms with Gasteiger partial charge in [0.15, 0.2) is 0 Å². The number of fused-ring (bicyclic) bond motifs is 8. The van der Waals surface area contributed by atoms with Crippen molar-refractivity contribution in [2.24, 2.45) is 0 Å². The first-order valence-corrected chi connectivity index (χ1v) is 22.9. The van der Waals surface area contributed by atoms with E-state index in [1.54, 1.807) is 0 Å². The van der Waals surface area contributed by atoms with Crippen molar-refractivity contribution < 1.29 is 0 Å². The molecule has 65 heavy (non-hydrogen) atoms. The van der Waals surface area contributed by atoms with E-state index < -0.39 is 0 Å². The highest BCUT2D eigenvalue weighted by molar-refractivity contribution is 6.05. The molecule has 0 spiro atoms. The quantitative estimate of drug-likeness (QED) is 0.155. The van der Waals surface area contributed by atoms with Gasteiger partial charge < -0.3 is 4.90 Å². The largest absolute Gasteiger partial charge is 0.310 e. The summed E-state index contributed by atoms with van der Waals surface area (Å²) in [5.74, 6) is 0. The molecule has 2 aliphatic rings. The molecule has 0 atom stereocenters. The van der Waals surface area contributed by atoms with Crippen molar-refractivity contribution in [2.45, 2.75) is 38.5 Å². The molecular formula is C64H49N. The van der Waals surface area contributed by atoms with Gasteiger partial charge in [-0.25, -0.2) is 0 Å². The Balaban J connectivity index is 0.853. The number of rotatable bonds is 7. The monoisotopic (exact) mass is 831 g/mol. The van der Waals surface area contributed by atoms with Gasteiger partial charge in [-0.2, -0.15) is 0 Å². The standard InChI is InChI=1S/C64H49N/c1-63(2)58-20-12-10-18-54(58)55-39-38-52(41-60(55)63)65(50-34-30-46(31-35-50)42-14-6-5-7-15-42)51-36-32-47(33-37-51)44-24-22-43(23-25-44)45-26-28-48(29-27-45)57-40-49-16-8-9-17-53(49)62-61(57)56-19-11-13-21-59(56)64(62,3)4/h5-41H,1-4H3. The lowest BCUT2D eigenvalue weighted by Gasteiger charge is -2.28. The van der Waals surface area contributed by atoms with Gasteiger partial charge in [-0.3, -0.25) is 0 Å². The van der Waals surface area contributed by atoms with Crippen LogP contribution in [0, 0.1) is 0 Å². The van der Waals surface area contributed by atoms with Crippen LogP contribution in [0.3, 0.4) is 0 Å². The van der Waals surface area contributed by atoms with Crippen LogP contribution in [0.4, 0.5) is 17.1 Å². The molecule has 0 aromatic heterocycles. The van der Waals surface area contributed by atoms with E-state index in [1.807, 2.05) is 0 Å². The molecule has 2 aliphatic carbocycles. The topological polar surface area (TPSA) is 3.24 Å². The van der Waals surface area contributed by atoms with E-state index in [4.69, 9.17) is 0 Å². The lowest BCUT2D eigenvalue weighted by Crippen LogP contribution is -2.16. The van der Waals surface area contributed by atoms with Gasteiger partial charge in [-0.15, -0.1) is 0 Å². The minimum Gasteiger partial charge on any atom is -0.310 e. The van der Waals surface area contributed by atoms with Crippen LogP contribution >= 0.6 is 0 Å². The fraction of sp³-hybridized carbons (Fsp3) is 0.0938. The van der Waals surface area contributed by atoms with Gasteiger partial charge in [-0.1, -0.05) is 210 Å². The minimum atomic E-state index is -0.0928. The Kier molecular flexibility index (Phi) is 8.94. The van der Waals surface area contributed by atoms with Gasteiger partial charge in [0.2, 0.25) is 0 Å². The van der Waals surface area contributed by atoms with E-state index in [0.29, 0.717) is 0 Å². The van der Waals surface area contributed by atoms with Gasteiger partial charge in [-0.05, 0) is 142 Å². The third-order valence-electron chi connectivity index (χ3n) is 14.5. The summed E-state index contributed by atoms with van der Waals surface area (Å²) in [5, 5.41) is 2.64. The molecule has 0 fully saturated rings. The van der Waals surface area contributed by atoms with Crippen molar-refractivity contribution >= 4 is 27.8 Å². The van der Waals surface area contributed by atoms with Crippen molar-refractivity contribution in [3.63, 3.8) is 0 Å². The van der Waals surface area contributed by atoms with Gasteiger partial charge in [0.1, 0.15) is 0 Å². The Morgan fingerprint density at radius 3 is 1.32 bits per heavy atom. The Labute approximate surface area is 383 Å². The molecule has 10 aromatic carbocycles. The molecule has 12 rings (SSSR count). The predicted molar refractivity (Wildman–Crippen MR) is 276 cm³/mol. The Hall–Kier alpha value is -7.74. The summed E-state index contributed by atoms with van der Waals surface area (Å²) in [6.07, 6.45) is 0. The molecule has 1 heteroatoms. The summed E-state index contributed by atoms with van der Waals surface area (Å²) < 4.78 is 0. The zero-order valence-electron chi connectivity index (χ0n) is 37.3. The fourth-order valence-corrected chi connectivity index (χ4v) is 11.1. The molecular weight excluding hydrogens is 783 g/mol. The molecule has 0 saturated carbocycles. The number of benzene rings is 10. The fourth-order valence-electron chi connectivity index (χ4n) is 11.1. The SMILES string of the molecule is CC1(C)c2ccccc2-c2ccc(N(c3ccc(-c4ccccc4)cc3)c3ccc(-c4ccc(-c5ccc(-c6cc7ccccc7c7c6-c6ccccc6C7(C)C)cc5)cc4)cc3)cc21. The lowest BCUT2D eigenvalue weighted by molar-refractivity contribution is 0.660. The van der Waals surface area contributed by atoms with Crippen molar-refractivity contribution in [3.05, 3.63) is 247 Å². The van der Waals surface area contributed by atoms with Crippen LogP contribution in [0.5, 0.6) is 0 Å². The lowest BCUT2D eigenvalue weighted by atomic mass is 9.79. The number of anilines is 3. The van der Waals surface area contributed by atoms with E-state index in [-0.39, 0.29) is 10.8 Å². The van der Waals surface area contributed by atoms with Crippen molar-refractivity contribution in [1.82, 2.24) is 0 Å². The maximum absolute atomic E-state index is 2.41. The summed E-state index contributed by atoms with van der Waals surface area (Å²) in [5.41, 5.74) is 24.0. The summed E-state index contributed by atoms with van der Waals surface area (Å²) in [6, 6.07) is 83.0. The highest BCUT2D eigenvalue weighted by Crippen LogP contribution is 2.55. The Morgan fingerprint density at radius 2 is 0.723 bits per heavy atom. The van der Waals surface area contributed by atoms with Gasteiger partial charge in [0.25, 0.3) is 0 Å². The van der Waals surface area contributed by atoms with Crippen LogP contribution in [0.2, 0.25) is 0 Å². The molecule has 0 radical (unpaired) electrons. The highest BCUT2D eigenvalue weighted by atomic mass is 15.1. The number of hydrogen-bond donors (Lipinski definition) is 0. The molecule has 0 saturated heterocycles. The van der Waals surface area contributed by atoms with Crippen LogP contribution in [0.15, 0.2) is 224 Å². The van der Waals surface area contributed by atoms with E-state index in [1.165, 1.54) is 99.8 Å². The summed E-state index contributed by atoms with van der Waals surface area (Å²) in [6.45, 7) is 9.47. The zero-order chi connectivity index (χ0) is 43.9. The van der Waals surface area contributed by atoms with E-state index in [0.717, 1.165) is 17.1 Å². The Bertz CT molecular complexity index is 3430. The van der Waals surface area contributed by atoms with E-state index >= 15 is 0 Å². The second-order valence-electron chi connectivity index (χ2n) is 18.9. The van der Waals surface area contributed by atoms with Crippen LogP contribution in [-0.2, 0) is 10.8 Å². The molecule has 1 nitrogen and oxygen atoms in total. The molecule has 0 heterocycles. The van der Waals surface area contributed by atoms with Crippen LogP contribution < -0.4 is 4.90 Å². The van der Waals surface area contributed by atoms with Gasteiger partial charge >= 0.3 is 0 Å². The summed E-state index contributed by atoms with van der Waals surface area (Å²) in [4.78, 5) is 2.40. The average Bonchev–Trinajstić information content (AvgIpc) is 3.74. The van der Waals surface area contributed by atoms with Gasteiger partial charge in [0, 0.05) is 27.9 Å². The molecule has 0 aliphatic heterocycles. The summed E-state index contributed by atoms with van der Waals surface area (Å²) in [7, 11) is 0. The van der Waals surface area contributed by atoms with Crippen molar-refractivity contribution in [2.75, 3.05) is 4.90 Å². The molecule has 0 amide bonds. The normalized spacial score (nSPS) is 13.8. The molecule has 310 valence electrons. The predicted octanol–water partition coefficient (Wildman–Crippen LogP) is 17.6. The van der Waals surface area contributed by atoms with E-state index in [9.17, 15) is 0 Å². The molecule has 10 aromatic rings. The zero-order valence-corrected chi connectivity index (χ0v) is 37.3. The minimum absolute atomic E-state index is 0.0782. The number of nitrogens with zero attached hydrogens (tertiary/aromatic N) is 1. The first kappa shape index (κ1) is 38.9. The second kappa shape index (κ2) is 14.9. The number of hydrogen-bond acceptors (Lipinski definition) is 1. The molecule has 0 bridgehead atoms. The first-order chi connectivity index (χ1) is 31.7. The third-order valence-corrected chi connectivity index (χ3v) is 14.5. The molecule has 0 unspecified atom stereocenters. The molecule has 0 N–H and O–H groups in total. The van der Waals surface area contributed by atoms with Crippen molar-refractivity contribution in [3.8, 4) is 66.8 Å². The van der Waals surface area contributed by atoms with E-state index in [2.05, 4.69) is 257 Å². The Morgan fingerprint density at radius 1 is 0.292 bits per heavy atom. The maximum Gasteiger partial charge on any atom is 0.0465 e. The second-order valence-corrected chi connectivity index (χ2v) is 18.9. The van der Waals surface area contributed by atoms with Crippen molar-refractivity contribution in [1.29, 1.82) is 0 Å². The average molecular weight is 832 g/mol. The third kappa shape index (κ3) is 6.29. The van der Waals surface area contributed by atoms with Crippen LogP contribution in [0.25, 0.3) is 77.5 Å². The van der Waals surface area contributed by atoms with Crippen LogP contribution in [-0.4, -0.2) is 0 Å². The smallest absolute Gasteiger partial charge is 0.0465 e. The highest BCUT2D eigenvalue weighted by Gasteiger charge is 2.39. The summed E-state index contributed by atoms with van der Waals surface area (Å²) >= 11 is 0. The van der Waals surface area contributed by atoms with Crippen LogP contribution in [0.1, 0.15) is 49.9 Å². The van der Waals surface area contributed by atoms with Gasteiger partial charge in [0.05, 0.1) is 0 Å².